The molecule has 0 saturated carbocycles. The third-order valence-corrected chi connectivity index (χ3v) is 3.88. The van der Waals surface area contributed by atoms with Crippen molar-refractivity contribution < 1.29 is 9.47 Å². The lowest BCUT2D eigenvalue weighted by atomic mass is 9.98. The van der Waals surface area contributed by atoms with Crippen molar-refractivity contribution in [3.05, 3.63) is 58.6 Å². The smallest absolute Gasteiger partial charge is 0.161 e. The minimum Gasteiger partial charge on any atom is -0.486 e. The van der Waals surface area contributed by atoms with E-state index in [2.05, 4.69) is 23.5 Å². The SMILES string of the molecule is CNC(Cc1cccc(Cl)c1)c1ccc2c(c1)OCCO2. The van der Waals surface area contributed by atoms with Gasteiger partial charge in [0.25, 0.3) is 0 Å². The summed E-state index contributed by atoms with van der Waals surface area (Å²) in [4.78, 5) is 0. The zero-order valence-electron chi connectivity index (χ0n) is 11.9. The lowest BCUT2D eigenvalue weighted by Gasteiger charge is -2.22. The van der Waals surface area contributed by atoms with E-state index >= 15 is 0 Å². The zero-order chi connectivity index (χ0) is 14.7. The Kier molecular flexibility index (Phi) is 4.32. The van der Waals surface area contributed by atoms with Crippen LogP contribution in [0.1, 0.15) is 17.2 Å². The summed E-state index contributed by atoms with van der Waals surface area (Å²) >= 11 is 6.06. The molecule has 4 heteroatoms. The molecule has 21 heavy (non-hydrogen) atoms. The first-order valence-corrected chi connectivity index (χ1v) is 7.45. The topological polar surface area (TPSA) is 30.5 Å². The van der Waals surface area contributed by atoms with Crippen LogP contribution in [0, 0.1) is 0 Å². The van der Waals surface area contributed by atoms with Gasteiger partial charge < -0.3 is 14.8 Å². The lowest BCUT2D eigenvalue weighted by Crippen LogP contribution is -2.20. The molecule has 0 fully saturated rings. The molecule has 1 heterocycles. The lowest BCUT2D eigenvalue weighted by molar-refractivity contribution is 0.171. The molecule has 1 N–H and O–H groups in total. The number of rotatable bonds is 4. The van der Waals surface area contributed by atoms with Gasteiger partial charge in [-0.25, -0.2) is 0 Å². The summed E-state index contributed by atoms with van der Waals surface area (Å²) in [6.45, 7) is 1.22. The molecule has 110 valence electrons. The van der Waals surface area contributed by atoms with Crippen LogP contribution in [0.25, 0.3) is 0 Å². The van der Waals surface area contributed by atoms with Crippen LogP contribution in [0.3, 0.4) is 0 Å². The van der Waals surface area contributed by atoms with Crippen molar-refractivity contribution >= 4 is 11.6 Å². The quantitative estimate of drug-likeness (QED) is 0.936. The van der Waals surface area contributed by atoms with Gasteiger partial charge in [-0.15, -0.1) is 0 Å². The Morgan fingerprint density at radius 1 is 1.10 bits per heavy atom. The summed E-state index contributed by atoms with van der Waals surface area (Å²) in [7, 11) is 1.96. The Hall–Kier alpha value is -1.71. The second-order valence-corrected chi connectivity index (χ2v) is 5.51. The molecule has 0 radical (unpaired) electrons. The highest BCUT2D eigenvalue weighted by atomic mass is 35.5. The van der Waals surface area contributed by atoms with Gasteiger partial charge in [0, 0.05) is 11.1 Å². The predicted octanol–water partition coefficient (Wildman–Crippen LogP) is 3.61. The number of hydrogen-bond donors (Lipinski definition) is 1. The predicted molar refractivity (Wildman–Crippen MR) is 84.4 cm³/mol. The van der Waals surface area contributed by atoms with Gasteiger partial charge >= 0.3 is 0 Å². The Bertz CT molecular complexity index is 630. The average Bonchev–Trinajstić information content (AvgIpc) is 2.52. The van der Waals surface area contributed by atoms with Crippen LogP contribution in [0.15, 0.2) is 42.5 Å². The molecule has 0 aromatic heterocycles. The molecular formula is C17H18ClNO2. The summed E-state index contributed by atoms with van der Waals surface area (Å²) in [5.74, 6) is 1.65. The van der Waals surface area contributed by atoms with Crippen LogP contribution in [-0.4, -0.2) is 20.3 Å². The van der Waals surface area contributed by atoms with Gasteiger partial charge in [-0.2, -0.15) is 0 Å². The standard InChI is InChI=1S/C17H18ClNO2/c1-19-15(10-12-3-2-4-14(18)9-12)13-5-6-16-17(11-13)21-8-7-20-16/h2-6,9,11,15,19H,7-8,10H2,1H3. The fourth-order valence-corrected chi connectivity index (χ4v) is 2.78. The van der Waals surface area contributed by atoms with Crippen LogP contribution in [0.2, 0.25) is 5.02 Å². The van der Waals surface area contributed by atoms with Crippen LogP contribution in [0.4, 0.5) is 0 Å². The van der Waals surface area contributed by atoms with Gasteiger partial charge in [-0.05, 0) is 48.9 Å². The Morgan fingerprint density at radius 3 is 2.67 bits per heavy atom. The summed E-state index contributed by atoms with van der Waals surface area (Å²) in [5, 5.41) is 4.12. The van der Waals surface area contributed by atoms with Gasteiger partial charge in [-0.3, -0.25) is 0 Å². The molecule has 1 aliphatic rings. The molecule has 0 spiro atoms. The van der Waals surface area contributed by atoms with Crippen molar-refractivity contribution in [2.24, 2.45) is 0 Å². The third kappa shape index (κ3) is 3.31. The van der Waals surface area contributed by atoms with E-state index in [0.717, 1.165) is 22.9 Å². The molecule has 3 nitrogen and oxygen atoms in total. The highest BCUT2D eigenvalue weighted by molar-refractivity contribution is 6.30. The van der Waals surface area contributed by atoms with Gasteiger partial charge in [0.2, 0.25) is 0 Å². The fourth-order valence-electron chi connectivity index (χ4n) is 2.56. The van der Waals surface area contributed by atoms with E-state index in [1.165, 1.54) is 11.1 Å². The van der Waals surface area contributed by atoms with E-state index in [0.29, 0.717) is 13.2 Å². The maximum atomic E-state index is 6.06. The molecule has 2 aromatic carbocycles. The second kappa shape index (κ2) is 6.37. The van der Waals surface area contributed by atoms with Gasteiger partial charge in [0.05, 0.1) is 0 Å². The summed E-state index contributed by atoms with van der Waals surface area (Å²) < 4.78 is 11.2. The van der Waals surface area contributed by atoms with Crippen molar-refractivity contribution in [1.29, 1.82) is 0 Å². The van der Waals surface area contributed by atoms with E-state index in [1.807, 2.05) is 31.3 Å². The van der Waals surface area contributed by atoms with E-state index < -0.39 is 0 Å². The summed E-state index contributed by atoms with van der Waals surface area (Å²) in [5.41, 5.74) is 2.39. The van der Waals surface area contributed by atoms with Crippen molar-refractivity contribution in [2.75, 3.05) is 20.3 Å². The van der Waals surface area contributed by atoms with Crippen LogP contribution in [-0.2, 0) is 6.42 Å². The van der Waals surface area contributed by atoms with Crippen molar-refractivity contribution in [2.45, 2.75) is 12.5 Å². The van der Waals surface area contributed by atoms with Crippen LogP contribution in [0.5, 0.6) is 11.5 Å². The highest BCUT2D eigenvalue weighted by Gasteiger charge is 2.16. The minimum absolute atomic E-state index is 0.208. The maximum absolute atomic E-state index is 6.06. The normalized spacial score (nSPS) is 14.8. The fraction of sp³-hybridized carbons (Fsp3) is 0.294. The van der Waals surface area contributed by atoms with E-state index in [1.54, 1.807) is 0 Å². The second-order valence-electron chi connectivity index (χ2n) is 5.08. The van der Waals surface area contributed by atoms with Crippen molar-refractivity contribution in [1.82, 2.24) is 5.32 Å². The van der Waals surface area contributed by atoms with Gasteiger partial charge in [0.1, 0.15) is 13.2 Å². The number of nitrogens with one attached hydrogen (secondary N) is 1. The van der Waals surface area contributed by atoms with Crippen LogP contribution >= 0.6 is 11.6 Å². The molecule has 1 unspecified atom stereocenters. The molecule has 0 bridgehead atoms. The van der Waals surface area contributed by atoms with E-state index in [4.69, 9.17) is 21.1 Å². The Balaban J connectivity index is 1.82. The molecule has 0 saturated heterocycles. The minimum atomic E-state index is 0.208. The number of halogens is 1. The van der Waals surface area contributed by atoms with Crippen molar-refractivity contribution in [3.8, 4) is 11.5 Å². The molecule has 1 atom stereocenters. The number of ether oxygens (including phenoxy) is 2. The number of fused-ring (bicyclic) bond motifs is 1. The zero-order valence-corrected chi connectivity index (χ0v) is 12.7. The number of benzene rings is 2. The first-order chi connectivity index (χ1) is 10.3. The Morgan fingerprint density at radius 2 is 1.90 bits per heavy atom. The number of likely N-dealkylation sites (N-methyl/N-ethyl adjacent to an activating group) is 1. The molecule has 2 aromatic rings. The molecular weight excluding hydrogens is 286 g/mol. The third-order valence-electron chi connectivity index (χ3n) is 3.65. The van der Waals surface area contributed by atoms with Crippen LogP contribution < -0.4 is 14.8 Å². The summed E-state index contributed by atoms with van der Waals surface area (Å²) in [6.07, 6.45) is 0.872. The van der Waals surface area contributed by atoms with Crippen molar-refractivity contribution in [3.63, 3.8) is 0 Å². The number of hydrogen-bond acceptors (Lipinski definition) is 3. The molecule has 1 aliphatic heterocycles. The average molecular weight is 304 g/mol. The first-order valence-electron chi connectivity index (χ1n) is 7.07. The molecule has 0 aliphatic carbocycles. The molecule has 3 rings (SSSR count). The maximum Gasteiger partial charge on any atom is 0.161 e. The largest absolute Gasteiger partial charge is 0.486 e. The molecule has 0 amide bonds. The van der Waals surface area contributed by atoms with E-state index in [9.17, 15) is 0 Å². The first kappa shape index (κ1) is 14.2. The Labute approximate surface area is 129 Å². The summed E-state index contributed by atoms with van der Waals surface area (Å²) in [6, 6.07) is 14.3. The van der Waals surface area contributed by atoms with E-state index in [-0.39, 0.29) is 6.04 Å². The monoisotopic (exact) mass is 303 g/mol. The van der Waals surface area contributed by atoms with Gasteiger partial charge in [-0.1, -0.05) is 29.8 Å². The van der Waals surface area contributed by atoms with Gasteiger partial charge in [0.15, 0.2) is 11.5 Å². The highest BCUT2D eigenvalue weighted by Crippen LogP contribution is 2.33.